The van der Waals surface area contributed by atoms with Crippen molar-refractivity contribution in [3.05, 3.63) is 90.8 Å². The molecular weight excluding hydrogens is 402 g/mol. The number of aromatic nitrogens is 1. The molecule has 3 unspecified atom stereocenters. The highest BCUT2D eigenvalue weighted by molar-refractivity contribution is 5.66. The Morgan fingerprint density at radius 3 is 2.34 bits per heavy atom. The third-order valence-corrected chi connectivity index (χ3v) is 6.04. The molecule has 0 radical (unpaired) electrons. The normalized spacial score (nSPS) is 20.0. The number of hydrogen-bond acceptors (Lipinski definition) is 5. The molecule has 32 heavy (non-hydrogen) atoms. The molecule has 1 aliphatic rings. The van der Waals surface area contributed by atoms with E-state index in [0.717, 1.165) is 24.5 Å². The van der Waals surface area contributed by atoms with Crippen molar-refractivity contribution in [2.24, 2.45) is 0 Å². The quantitative estimate of drug-likeness (QED) is 0.562. The van der Waals surface area contributed by atoms with Crippen LogP contribution in [0.5, 0.6) is 5.75 Å². The Morgan fingerprint density at radius 1 is 1.03 bits per heavy atom. The fraction of sp³-hybridized carbons (Fsp3) is 0.308. The molecule has 6 nitrogen and oxygen atoms in total. The largest absolute Gasteiger partial charge is 0.481 e. The van der Waals surface area contributed by atoms with Gasteiger partial charge in [-0.2, -0.15) is 0 Å². The molecule has 1 saturated heterocycles. The molecule has 166 valence electrons. The Hall–Kier alpha value is -3.38. The van der Waals surface area contributed by atoms with Crippen LogP contribution in [0.4, 0.5) is 5.69 Å². The van der Waals surface area contributed by atoms with Crippen LogP contribution in [0.15, 0.2) is 85.2 Å². The third kappa shape index (κ3) is 5.08. The summed E-state index contributed by atoms with van der Waals surface area (Å²) in [5, 5.41) is 9.33. The fourth-order valence-corrected chi connectivity index (χ4v) is 4.54. The lowest BCUT2D eigenvalue weighted by Crippen LogP contribution is -2.58. The first-order chi connectivity index (χ1) is 15.6. The van der Waals surface area contributed by atoms with Gasteiger partial charge in [0.05, 0.1) is 12.5 Å². The number of rotatable bonds is 8. The van der Waals surface area contributed by atoms with Gasteiger partial charge in [-0.3, -0.25) is 14.7 Å². The lowest BCUT2D eigenvalue weighted by molar-refractivity contribution is -0.138. The number of anilines is 1. The molecule has 1 aliphatic heterocycles. The van der Waals surface area contributed by atoms with Gasteiger partial charge >= 0.3 is 5.97 Å². The maximum absolute atomic E-state index is 11.4. The number of aliphatic carboxylic acids is 1. The van der Waals surface area contributed by atoms with Gasteiger partial charge in [0, 0.05) is 43.6 Å². The predicted molar refractivity (Wildman–Crippen MR) is 125 cm³/mol. The van der Waals surface area contributed by atoms with Crippen LogP contribution in [-0.2, 0) is 4.79 Å². The van der Waals surface area contributed by atoms with Crippen molar-refractivity contribution in [2.45, 2.75) is 38.1 Å². The van der Waals surface area contributed by atoms with Crippen molar-refractivity contribution in [3.63, 3.8) is 0 Å². The Kier molecular flexibility index (Phi) is 7.02. The second-order valence-electron chi connectivity index (χ2n) is 8.05. The Balaban J connectivity index is 1.65. The number of pyridine rings is 1. The molecule has 2 heterocycles. The summed E-state index contributed by atoms with van der Waals surface area (Å²) in [6.07, 6.45) is 3.80. The maximum atomic E-state index is 11.4. The molecule has 6 heteroatoms. The highest BCUT2D eigenvalue weighted by Gasteiger charge is 2.39. The SMILES string of the molecule is CC1C(c2ccccc2)N(c2ccncc2)CCN1C(CCC(=O)O)Oc1ccccc1. The molecule has 0 aliphatic carbocycles. The van der Waals surface area contributed by atoms with Crippen LogP contribution in [0, 0.1) is 0 Å². The van der Waals surface area contributed by atoms with Gasteiger partial charge in [-0.05, 0) is 36.8 Å². The molecule has 1 aromatic heterocycles. The van der Waals surface area contributed by atoms with Crippen molar-refractivity contribution in [1.82, 2.24) is 9.88 Å². The Bertz CT molecular complexity index is 985. The predicted octanol–water partition coefficient (Wildman–Crippen LogP) is 4.60. The Morgan fingerprint density at radius 2 is 1.69 bits per heavy atom. The number of piperazine rings is 1. The zero-order valence-electron chi connectivity index (χ0n) is 18.2. The van der Waals surface area contributed by atoms with E-state index in [4.69, 9.17) is 4.74 Å². The second kappa shape index (κ2) is 10.3. The van der Waals surface area contributed by atoms with Crippen molar-refractivity contribution in [3.8, 4) is 5.75 Å². The number of benzene rings is 2. The van der Waals surface area contributed by atoms with Gasteiger partial charge in [0.25, 0.3) is 0 Å². The van der Waals surface area contributed by atoms with Crippen molar-refractivity contribution >= 4 is 11.7 Å². The van der Waals surface area contributed by atoms with Crippen molar-refractivity contribution < 1.29 is 14.6 Å². The summed E-state index contributed by atoms with van der Waals surface area (Å²) in [5.74, 6) is -0.0581. The molecular formula is C26H29N3O3. The number of nitrogens with zero attached hydrogens (tertiary/aromatic N) is 3. The topological polar surface area (TPSA) is 65.9 Å². The minimum atomic E-state index is -0.811. The monoisotopic (exact) mass is 431 g/mol. The lowest BCUT2D eigenvalue weighted by atomic mass is 9.93. The fourth-order valence-electron chi connectivity index (χ4n) is 4.54. The molecule has 1 fully saturated rings. The molecule has 3 atom stereocenters. The number of carboxylic acid groups (broad SMARTS) is 1. The molecule has 4 rings (SSSR count). The average molecular weight is 432 g/mol. The third-order valence-electron chi connectivity index (χ3n) is 6.04. The highest BCUT2D eigenvalue weighted by atomic mass is 16.5. The molecule has 1 N–H and O–H groups in total. The van der Waals surface area contributed by atoms with Crippen LogP contribution < -0.4 is 9.64 Å². The van der Waals surface area contributed by atoms with E-state index in [1.54, 1.807) is 0 Å². The molecule has 3 aromatic rings. The summed E-state index contributed by atoms with van der Waals surface area (Å²) in [4.78, 5) is 20.3. The molecule has 0 spiro atoms. The summed E-state index contributed by atoms with van der Waals surface area (Å²) in [5.41, 5.74) is 2.35. The van der Waals surface area contributed by atoms with Gasteiger partial charge in [0.1, 0.15) is 5.75 Å². The number of carboxylic acids is 1. The van der Waals surface area contributed by atoms with Crippen LogP contribution in [0.2, 0.25) is 0 Å². The zero-order valence-corrected chi connectivity index (χ0v) is 18.2. The lowest BCUT2D eigenvalue weighted by Gasteiger charge is -2.50. The maximum Gasteiger partial charge on any atom is 0.303 e. The van der Waals surface area contributed by atoms with Gasteiger partial charge < -0.3 is 14.7 Å². The van der Waals surface area contributed by atoms with Gasteiger partial charge in [-0.15, -0.1) is 0 Å². The number of para-hydroxylation sites is 1. The average Bonchev–Trinajstić information content (AvgIpc) is 2.83. The van der Waals surface area contributed by atoms with E-state index < -0.39 is 5.97 Å². The zero-order chi connectivity index (χ0) is 22.3. The molecule has 0 saturated carbocycles. The van der Waals surface area contributed by atoms with E-state index >= 15 is 0 Å². The van der Waals surface area contributed by atoms with E-state index in [1.165, 1.54) is 5.56 Å². The summed E-state index contributed by atoms with van der Waals surface area (Å²) in [6, 6.07) is 24.4. The van der Waals surface area contributed by atoms with Crippen molar-refractivity contribution in [2.75, 3.05) is 18.0 Å². The first-order valence-electron chi connectivity index (χ1n) is 11.0. The van der Waals surface area contributed by atoms with Crippen LogP contribution in [-0.4, -0.2) is 46.3 Å². The first-order valence-corrected chi connectivity index (χ1v) is 11.0. The Labute approximate surface area is 189 Å². The number of hydrogen-bond donors (Lipinski definition) is 1. The standard InChI is InChI=1S/C26H29N3O3/c1-20-26(21-8-4-2-5-9-21)29(22-14-16-27-17-15-22)19-18-28(20)24(12-13-25(30)31)32-23-10-6-3-7-11-23/h2-11,14-17,20,24,26H,12-13,18-19H2,1H3,(H,30,31). The van der Waals surface area contributed by atoms with Crippen LogP contribution >= 0.6 is 0 Å². The van der Waals surface area contributed by atoms with Gasteiger partial charge in [0.2, 0.25) is 0 Å². The second-order valence-corrected chi connectivity index (χ2v) is 8.05. The number of carbonyl (C=O) groups is 1. The van der Waals surface area contributed by atoms with Crippen molar-refractivity contribution in [1.29, 1.82) is 0 Å². The van der Waals surface area contributed by atoms with Gasteiger partial charge in [0.15, 0.2) is 6.23 Å². The smallest absolute Gasteiger partial charge is 0.303 e. The summed E-state index contributed by atoms with van der Waals surface area (Å²) in [7, 11) is 0. The van der Waals surface area contributed by atoms with E-state index in [9.17, 15) is 9.90 Å². The summed E-state index contributed by atoms with van der Waals surface area (Å²) < 4.78 is 6.33. The van der Waals surface area contributed by atoms with Crippen LogP contribution in [0.25, 0.3) is 0 Å². The molecule has 0 amide bonds. The highest BCUT2D eigenvalue weighted by Crippen LogP contribution is 2.36. The molecule has 2 aromatic carbocycles. The van der Waals surface area contributed by atoms with E-state index in [-0.39, 0.29) is 24.7 Å². The van der Waals surface area contributed by atoms with E-state index in [2.05, 4.69) is 46.0 Å². The minimum Gasteiger partial charge on any atom is -0.481 e. The van der Waals surface area contributed by atoms with Crippen LogP contribution in [0.1, 0.15) is 31.4 Å². The van der Waals surface area contributed by atoms with E-state index in [1.807, 2.05) is 60.9 Å². The summed E-state index contributed by atoms with van der Waals surface area (Å²) >= 11 is 0. The van der Waals surface area contributed by atoms with E-state index in [0.29, 0.717) is 6.42 Å². The number of ether oxygens (including phenoxy) is 1. The van der Waals surface area contributed by atoms with Gasteiger partial charge in [-0.1, -0.05) is 48.5 Å². The van der Waals surface area contributed by atoms with Crippen LogP contribution in [0.3, 0.4) is 0 Å². The van der Waals surface area contributed by atoms with Gasteiger partial charge in [-0.25, -0.2) is 0 Å². The minimum absolute atomic E-state index is 0.0603. The molecule has 0 bridgehead atoms. The summed E-state index contributed by atoms with van der Waals surface area (Å²) in [6.45, 7) is 3.77. The first kappa shape index (κ1) is 21.8.